The van der Waals surface area contributed by atoms with E-state index < -0.39 is 12.4 Å². The Balaban J connectivity index is 3.21. The number of phenols is 1. The normalized spacial score (nSPS) is 10.3. The maximum Gasteiger partial charge on any atom is 0.191 e. The largest absolute Gasteiger partial charge is 0.507 e. The Morgan fingerprint density at radius 2 is 2.13 bits per heavy atom. The van der Waals surface area contributed by atoms with Gasteiger partial charge in [-0.05, 0) is 24.1 Å². The lowest BCUT2D eigenvalue weighted by molar-refractivity contribution is 0.0901. The van der Waals surface area contributed by atoms with Gasteiger partial charge in [0, 0.05) is 5.02 Å². The summed E-state index contributed by atoms with van der Waals surface area (Å²) in [5, 5.41) is 18.9. The van der Waals surface area contributed by atoms with Crippen LogP contribution in [0.4, 0.5) is 0 Å². The van der Waals surface area contributed by atoms with Gasteiger partial charge in [-0.3, -0.25) is 4.79 Å². The van der Waals surface area contributed by atoms with Crippen LogP contribution >= 0.6 is 11.6 Å². The number of benzene rings is 1. The molecule has 3 nitrogen and oxygen atoms in total. The van der Waals surface area contributed by atoms with Gasteiger partial charge in [0.15, 0.2) is 5.78 Å². The lowest BCUT2D eigenvalue weighted by atomic mass is 10.0. The van der Waals surface area contributed by atoms with Crippen molar-refractivity contribution < 1.29 is 15.0 Å². The highest BCUT2D eigenvalue weighted by atomic mass is 35.5. The summed E-state index contributed by atoms with van der Waals surface area (Å²) in [6.45, 7) is 1.34. The van der Waals surface area contributed by atoms with Crippen LogP contribution in [0.2, 0.25) is 5.02 Å². The highest BCUT2D eigenvalue weighted by molar-refractivity contribution is 6.31. The second-order valence-electron chi connectivity index (χ2n) is 3.29. The third-order valence-electron chi connectivity index (χ3n) is 2.12. The van der Waals surface area contributed by atoms with E-state index in [-0.39, 0.29) is 11.3 Å². The molecule has 0 saturated heterocycles. The van der Waals surface area contributed by atoms with Crippen molar-refractivity contribution in [3.63, 3.8) is 0 Å². The minimum atomic E-state index is -0.626. The molecular weight excluding hydrogens is 216 g/mol. The van der Waals surface area contributed by atoms with Crippen LogP contribution in [0.3, 0.4) is 0 Å². The molecular formula is C11H13ClO3. The number of carbonyl (C=O) groups is 1. The molecule has 0 spiro atoms. The van der Waals surface area contributed by atoms with E-state index in [1.54, 1.807) is 6.07 Å². The molecule has 2 N–H and O–H groups in total. The van der Waals surface area contributed by atoms with E-state index in [2.05, 4.69) is 0 Å². The predicted octanol–water partition coefficient (Wildman–Crippen LogP) is 2.17. The summed E-state index contributed by atoms with van der Waals surface area (Å²) in [6.07, 6.45) is 1.50. The van der Waals surface area contributed by atoms with Crippen LogP contribution in [-0.4, -0.2) is 22.6 Å². The van der Waals surface area contributed by atoms with Gasteiger partial charge in [-0.2, -0.15) is 0 Å². The highest BCUT2D eigenvalue weighted by Gasteiger charge is 2.14. The molecule has 0 amide bonds. The van der Waals surface area contributed by atoms with Crippen LogP contribution in [0, 0.1) is 0 Å². The SMILES string of the molecule is CCCc1cc(Cl)cc(C(=O)CO)c1O. The fourth-order valence-electron chi connectivity index (χ4n) is 1.41. The van der Waals surface area contributed by atoms with Crippen LogP contribution in [0.1, 0.15) is 29.3 Å². The smallest absolute Gasteiger partial charge is 0.191 e. The van der Waals surface area contributed by atoms with Gasteiger partial charge in [0.1, 0.15) is 12.4 Å². The molecule has 0 unspecified atom stereocenters. The zero-order valence-electron chi connectivity index (χ0n) is 8.46. The summed E-state index contributed by atoms with van der Waals surface area (Å²) < 4.78 is 0. The van der Waals surface area contributed by atoms with Crippen molar-refractivity contribution >= 4 is 17.4 Å². The van der Waals surface area contributed by atoms with Gasteiger partial charge < -0.3 is 10.2 Å². The van der Waals surface area contributed by atoms with E-state index in [1.807, 2.05) is 6.92 Å². The molecule has 0 radical (unpaired) electrons. The second-order valence-corrected chi connectivity index (χ2v) is 3.73. The minimum absolute atomic E-state index is 0.0692. The van der Waals surface area contributed by atoms with Crippen LogP contribution in [0.5, 0.6) is 5.75 Å². The van der Waals surface area contributed by atoms with Gasteiger partial charge in [-0.15, -0.1) is 0 Å². The lowest BCUT2D eigenvalue weighted by Gasteiger charge is -2.08. The summed E-state index contributed by atoms with van der Waals surface area (Å²) in [4.78, 5) is 11.3. The van der Waals surface area contributed by atoms with Crippen molar-refractivity contribution in [2.24, 2.45) is 0 Å². The van der Waals surface area contributed by atoms with E-state index in [1.165, 1.54) is 6.07 Å². The predicted molar refractivity (Wildman–Crippen MR) is 58.5 cm³/mol. The summed E-state index contributed by atoms with van der Waals surface area (Å²) in [5.74, 6) is -0.590. The third-order valence-corrected chi connectivity index (χ3v) is 2.34. The summed E-state index contributed by atoms with van der Waals surface area (Å²) in [5.41, 5.74) is 0.732. The number of ketones is 1. The number of aryl methyl sites for hydroxylation is 1. The Bertz CT molecular complexity index is 374. The number of Topliss-reactive ketones (excluding diaryl/α,β-unsaturated/α-hetero) is 1. The molecule has 0 aromatic heterocycles. The van der Waals surface area contributed by atoms with E-state index >= 15 is 0 Å². The molecule has 0 aliphatic rings. The van der Waals surface area contributed by atoms with Crippen LogP contribution in [0.25, 0.3) is 0 Å². The van der Waals surface area contributed by atoms with Gasteiger partial charge in [0.2, 0.25) is 0 Å². The van der Waals surface area contributed by atoms with Gasteiger partial charge in [0.05, 0.1) is 5.56 Å². The first kappa shape index (κ1) is 12.0. The Kier molecular flexibility index (Phi) is 4.12. The van der Waals surface area contributed by atoms with Crippen molar-refractivity contribution in [3.8, 4) is 5.75 Å². The quantitative estimate of drug-likeness (QED) is 0.777. The molecule has 0 bridgehead atoms. The van der Waals surface area contributed by atoms with Gasteiger partial charge in [-0.25, -0.2) is 0 Å². The monoisotopic (exact) mass is 228 g/mol. The molecule has 0 aliphatic carbocycles. The highest BCUT2D eigenvalue weighted by Crippen LogP contribution is 2.28. The average molecular weight is 229 g/mol. The zero-order valence-corrected chi connectivity index (χ0v) is 9.21. The molecule has 1 aromatic rings. The molecule has 0 aliphatic heterocycles. The van der Waals surface area contributed by atoms with E-state index in [4.69, 9.17) is 16.7 Å². The number of aromatic hydroxyl groups is 1. The number of hydrogen-bond donors (Lipinski definition) is 2. The molecule has 82 valence electrons. The second kappa shape index (κ2) is 5.14. The van der Waals surface area contributed by atoms with Crippen molar-refractivity contribution in [1.29, 1.82) is 0 Å². The number of phenolic OH excluding ortho intramolecular Hbond substituents is 1. The van der Waals surface area contributed by atoms with Crippen molar-refractivity contribution in [3.05, 3.63) is 28.3 Å². The number of hydrogen-bond acceptors (Lipinski definition) is 3. The Labute approximate surface area is 93.3 Å². The van der Waals surface area contributed by atoms with Crippen molar-refractivity contribution in [2.75, 3.05) is 6.61 Å². The standard InChI is InChI=1S/C11H13ClO3/c1-2-3-7-4-8(12)5-9(11(7)15)10(14)6-13/h4-5,13,15H,2-3,6H2,1H3. The van der Waals surface area contributed by atoms with E-state index in [0.29, 0.717) is 17.0 Å². The number of aliphatic hydroxyl groups is 1. The molecule has 0 heterocycles. The van der Waals surface area contributed by atoms with Crippen LogP contribution < -0.4 is 0 Å². The number of aliphatic hydroxyl groups excluding tert-OH is 1. The molecule has 0 fully saturated rings. The minimum Gasteiger partial charge on any atom is -0.507 e. The molecule has 1 aromatic carbocycles. The maximum atomic E-state index is 11.3. The van der Waals surface area contributed by atoms with Crippen molar-refractivity contribution in [2.45, 2.75) is 19.8 Å². The Morgan fingerprint density at radius 3 is 2.67 bits per heavy atom. The van der Waals surface area contributed by atoms with Crippen LogP contribution in [0.15, 0.2) is 12.1 Å². The fraction of sp³-hybridized carbons (Fsp3) is 0.364. The number of rotatable bonds is 4. The lowest BCUT2D eigenvalue weighted by Crippen LogP contribution is -2.05. The van der Waals surface area contributed by atoms with Gasteiger partial charge >= 0.3 is 0 Å². The summed E-state index contributed by atoms with van der Waals surface area (Å²) >= 11 is 5.81. The molecule has 0 saturated carbocycles. The topological polar surface area (TPSA) is 57.5 Å². The first-order valence-corrected chi connectivity index (χ1v) is 5.13. The molecule has 15 heavy (non-hydrogen) atoms. The molecule has 1 rings (SSSR count). The van der Waals surface area contributed by atoms with Crippen molar-refractivity contribution in [1.82, 2.24) is 0 Å². The molecule has 4 heteroatoms. The van der Waals surface area contributed by atoms with Crippen LogP contribution in [-0.2, 0) is 6.42 Å². The third kappa shape index (κ3) is 2.70. The summed E-state index contributed by atoms with van der Waals surface area (Å²) in [7, 11) is 0. The fourth-order valence-corrected chi connectivity index (χ4v) is 1.65. The first-order chi connectivity index (χ1) is 7.10. The zero-order chi connectivity index (χ0) is 11.4. The Morgan fingerprint density at radius 1 is 1.47 bits per heavy atom. The number of carbonyl (C=O) groups excluding carboxylic acids is 1. The molecule has 0 atom stereocenters. The number of halogens is 1. The maximum absolute atomic E-state index is 11.3. The Hall–Kier alpha value is -1.06. The first-order valence-electron chi connectivity index (χ1n) is 4.75. The van der Waals surface area contributed by atoms with Gasteiger partial charge in [0.25, 0.3) is 0 Å². The van der Waals surface area contributed by atoms with E-state index in [0.717, 1.165) is 6.42 Å². The summed E-state index contributed by atoms with van der Waals surface area (Å²) in [6, 6.07) is 3.00. The van der Waals surface area contributed by atoms with E-state index in [9.17, 15) is 9.90 Å². The average Bonchev–Trinajstić information content (AvgIpc) is 2.22. The van der Waals surface area contributed by atoms with Gasteiger partial charge in [-0.1, -0.05) is 24.9 Å².